The van der Waals surface area contributed by atoms with Gasteiger partial charge in [0.1, 0.15) is 5.75 Å². The Morgan fingerprint density at radius 3 is 2.65 bits per heavy atom. The zero-order valence-corrected chi connectivity index (χ0v) is 16.6. The average molecular weight is 417 g/mol. The molecule has 1 heterocycles. The van der Waals surface area contributed by atoms with E-state index >= 15 is 0 Å². The molecule has 2 aromatic rings. The lowest BCUT2D eigenvalue weighted by molar-refractivity contribution is -0.122. The number of nitrogens with zero attached hydrogens (tertiary/aromatic N) is 1. The largest absolute Gasteiger partial charge is 0.495 e. The van der Waals surface area contributed by atoms with Crippen molar-refractivity contribution in [3.05, 3.63) is 52.0 Å². The number of para-hydroxylation sites is 2. The standard InChI is InChI=1S/C20H21BrN2O3/c1-12-13(2)16(9-8-15(12)21)22-20(25)14-10-19(24)23(11-14)17-6-4-5-7-18(17)26-3/h4-9,14H,10-11H2,1-3H3,(H,22,25). The zero-order valence-electron chi connectivity index (χ0n) is 15.0. The number of nitrogens with one attached hydrogen (secondary N) is 1. The molecule has 0 radical (unpaired) electrons. The van der Waals surface area contributed by atoms with Crippen molar-refractivity contribution in [2.75, 3.05) is 23.9 Å². The molecule has 1 aliphatic rings. The van der Waals surface area contributed by atoms with Crippen LogP contribution in [0.2, 0.25) is 0 Å². The molecular weight excluding hydrogens is 396 g/mol. The third kappa shape index (κ3) is 3.46. The summed E-state index contributed by atoms with van der Waals surface area (Å²) >= 11 is 3.49. The highest BCUT2D eigenvalue weighted by Crippen LogP contribution is 2.33. The number of amides is 2. The Kier molecular flexibility index (Phi) is 5.32. The Hall–Kier alpha value is -2.34. The van der Waals surface area contributed by atoms with Crippen LogP contribution in [0.25, 0.3) is 0 Å². The molecular formula is C20H21BrN2O3. The van der Waals surface area contributed by atoms with Gasteiger partial charge in [0, 0.05) is 23.1 Å². The normalized spacial score (nSPS) is 16.7. The number of carbonyl (C=O) groups is 2. The molecule has 1 saturated heterocycles. The number of rotatable bonds is 4. The van der Waals surface area contributed by atoms with Crippen molar-refractivity contribution in [1.29, 1.82) is 0 Å². The Bertz CT molecular complexity index is 866. The van der Waals surface area contributed by atoms with Crippen molar-refractivity contribution in [3.8, 4) is 5.75 Å². The first-order chi connectivity index (χ1) is 12.4. The summed E-state index contributed by atoms with van der Waals surface area (Å²) in [5.41, 5.74) is 3.57. The summed E-state index contributed by atoms with van der Waals surface area (Å²) in [7, 11) is 1.57. The van der Waals surface area contributed by atoms with Gasteiger partial charge in [-0.3, -0.25) is 9.59 Å². The first kappa shape index (κ1) is 18.5. The summed E-state index contributed by atoms with van der Waals surface area (Å²) in [5.74, 6) is 0.0241. The van der Waals surface area contributed by atoms with Gasteiger partial charge < -0.3 is 15.0 Å². The number of anilines is 2. The van der Waals surface area contributed by atoms with Crippen LogP contribution in [-0.2, 0) is 9.59 Å². The fraction of sp³-hybridized carbons (Fsp3) is 0.300. The molecule has 3 rings (SSSR count). The molecule has 2 amide bonds. The third-order valence-electron chi connectivity index (χ3n) is 4.85. The summed E-state index contributed by atoms with van der Waals surface area (Å²) in [5, 5.41) is 2.97. The second-order valence-corrected chi connectivity index (χ2v) is 7.27. The molecule has 5 nitrogen and oxygen atoms in total. The number of carbonyl (C=O) groups excluding carboxylic acids is 2. The van der Waals surface area contributed by atoms with Gasteiger partial charge in [-0.2, -0.15) is 0 Å². The maximum absolute atomic E-state index is 12.7. The SMILES string of the molecule is COc1ccccc1N1CC(C(=O)Nc2ccc(Br)c(C)c2C)CC1=O. The fourth-order valence-electron chi connectivity index (χ4n) is 3.13. The lowest BCUT2D eigenvalue weighted by Crippen LogP contribution is -2.28. The van der Waals surface area contributed by atoms with Crippen LogP contribution in [-0.4, -0.2) is 25.5 Å². The number of hydrogen-bond acceptors (Lipinski definition) is 3. The lowest BCUT2D eigenvalue weighted by atomic mass is 10.1. The molecule has 26 heavy (non-hydrogen) atoms. The second kappa shape index (κ2) is 7.50. The van der Waals surface area contributed by atoms with Crippen LogP contribution in [0.15, 0.2) is 40.9 Å². The predicted octanol–water partition coefficient (Wildman–Crippen LogP) is 4.07. The fourth-order valence-corrected chi connectivity index (χ4v) is 3.56. The topological polar surface area (TPSA) is 58.6 Å². The minimum atomic E-state index is -0.393. The molecule has 0 bridgehead atoms. The minimum Gasteiger partial charge on any atom is -0.495 e. The van der Waals surface area contributed by atoms with Crippen LogP contribution < -0.4 is 15.0 Å². The molecule has 0 saturated carbocycles. The second-order valence-electron chi connectivity index (χ2n) is 6.41. The number of ether oxygens (including phenoxy) is 1. The number of methoxy groups -OCH3 is 1. The van der Waals surface area contributed by atoms with Crippen LogP contribution in [0.3, 0.4) is 0 Å². The summed E-state index contributed by atoms with van der Waals surface area (Å²) in [6, 6.07) is 11.1. The van der Waals surface area contributed by atoms with Gasteiger partial charge in [0.2, 0.25) is 11.8 Å². The van der Waals surface area contributed by atoms with Crippen LogP contribution in [0, 0.1) is 19.8 Å². The third-order valence-corrected chi connectivity index (χ3v) is 5.71. The van der Waals surface area contributed by atoms with Gasteiger partial charge in [-0.25, -0.2) is 0 Å². The van der Waals surface area contributed by atoms with Crippen LogP contribution >= 0.6 is 15.9 Å². The molecule has 1 aliphatic heterocycles. The summed E-state index contributed by atoms with van der Waals surface area (Å²) in [6.45, 7) is 4.31. The molecule has 1 N–H and O–H groups in total. The molecule has 1 atom stereocenters. The molecule has 136 valence electrons. The summed E-state index contributed by atoms with van der Waals surface area (Å²) < 4.78 is 6.34. The van der Waals surface area contributed by atoms with Gasteiger partial charge in [0.15, 0.2) is 0 Å². The Morgan fingerprint density at radius 1 is 1.19 bits per heavy atom. The van der Waals surface area contributed by atoms with Crippen molar-refractivity contribution in [1.82, 2.24) is 0 Å². The molecule has 6 heteroatoms. The van der Waals surface area contributed by atoms with Crippen molar-refractivity contribution < 1.29 is 14.3 Å². The molecule has 1 fully saturated rings. The van der Waals surface area contributed by atoms with E-state index in [0.717, 1.165) is 21.3 Å². The van der Waals surface area contributed by atoms with Gasteiger partial charge in [-0.1, -0.05) is 28.1 Å². The lowest BCUT2D eigenvalue weighted by Gasteiger charge is -2.19. The van der Waals surface area contributed by atoms with E-state index in [9.17, 15) is 9.59 Å². The van der Waals surface area contributed by atoms with Gasteiger partial charge in [-0.05, 0) is 49.2 Å². The van der Waals surface area contributed by atoms with Crippen LogP contribution in [0.1, 0.15) is 17.5 Å². The maximum Gasteiger partial charge on any atom is 0.229 e. The highest BCUT2D eigenvalue weighted by molar-refractivity contribution is 9.10. The van der Waals surface area contributed by atoms with Crippen molar-refractivity contribution in [2.24, 2.45) is 5.92 Å². The van der Waals surface area contributed by atoms with Crippen LogP contribution in [0.5, 0.6) is 5.75 Å². The Labute approximate surface area is 161 Å². The average Bonchev–Trinajstić information content (AvgIpc) is 3.03. The van der Waals surface area contributed by atoms with Gasteiger partial charge >= 0.3 is 0 Å². The first-order valence-corrected chi connectivity index (χ1v) is 9.21. The summed E-state index contributed by atoms with van der Waals surface area (Å²) in [4.78, 5) is 26.8. The zero-order chi connectivity index (χ0) is 18.8. The maximum atomic E-state index is 12.7. The van der Waals surface area contributed by atoms with E-state index in [4.69, 9.17) is 4.74 Å². The van der Waals surface area contributed by atoms with Gasteiger partial charge in [0.05, 0.1) is 18.7 Å². The van der Waals surface area contributed by atoms with E-state index in [2.05, 4.69) is 21.2 Å². The Morgan fingerprint density at radius 2 is 1.92 bits per heavy atom. The minimum absolute atomic E-state index is 0.0710. The Balaban J connectivity index is 1.76. The van der Waals surface area contributed by atoms with Crippen LogP contribution in [0.4, 0.5) is 11.4 Å². The number of benzene rings is 2. The highest BCUT2D eigenvalue weighted by Gasteiger charge is 2.36. The highest BCUT2D eigenvalue weighted by atomic mass is 79.9. The quantitative estimate of drug-likeness (QED) is 0.816. The first-order valence-electron chi connectivity index (χ1n) is 8.42. The van der Waals surface area contributed by atoms with Gasteiger partial charge in [-0.15, -0.1) is 0 Å². The van der Waals surface area contributed by atoms with Crippen molar-refractivity contribution in [3.63, 3.8) is 0 Å². The number of hydrogen-bond donors (Lipinski definition) is 1. The smallest absolute Gasteiger partial charge is 0.229 e. The molecule has 0 spiro atoms. The van der Waals surface area contributed by atoms with Crippen molar-refractivity contribution in [2.45, 2.75) is 20.3 Å². The van der Waals surface area contributed by atoms with E-state index in [1.165, 1.54) is 0 Å². The van der Waals surface area contributed by atoms with E-state index in [1.807, 2.05) is 50.2 Å². The van der Waals surface area contributed by atoms with E-state index in [-0.39, 0.29) is 18.2 Å². The molecule has 0 aliphatic carbocycles. The molecule has 1 unspecified atom stereocenters. The monoisotopic (exact) mass is 416 g/mol. The molecule has 2 aromatic carbocycles. The van der Waals surface area contributed by atoms with E-state index < -0.39 is 5.92 Å². The van der Waals surface area contributed by atoms with Crippen molar-refractivity contribution >= 4 is 39.1 Å². The van der Waals surface area contributed by atoms with E-state index in [1.54, 1.807) is 12.0 Å². The van der Waals surface area contributed by atoms with E-state index in [0.29, 0.717) is 18.0 Å². The predicted molar refractivity (Wildman–Crippen MR) is 106 cm³/mol. The molecule has 0 aromatic heterocycles. The van der Waals surface area contributed by atoms with Gasteiger partial charge in [0.25, 0.3) is 0 Å². The number of halogens is 1. The summed E-state index contributed by atoms with van der Waals surface area (Å²) in [6.07, 6.45) is 0.193.